The van der Waals surface area contributed by atoms with Crippen molar-refractivity contribution < 1.29 is 14.3 Å². The molecule has 0 saturated heterocycles. The quantitative estimate of drug-likeness (QED) is 0.884. The molecule has 0 radical (unpaired) electrons. The molecule has 4 heteroatoms. The number of carbonyl (C=O) groups excluding carboxylic acids is 1. The lowest BCUT2D eigenvalue weighted by molar-refractivity contribution is -0.116. The minimum atomic E-state index is -0.0745. The summed E-state index contributed by atoms with van der Waals surface area (Å²) in [6, 6.07) is 13.2. The van der Waals surface area contributed by atoms with Gasteiger partial charge < -0.3 is 14.8 Å². The first kappa shape index (κ1) is 15.9. The van der Waals surface area contributed by atoms with Crippen molar-refractivity contribution in [2.75, 3.05) is 19.0 Å². The van der Waals surface area contributed by atoms with Gasteiger partial charge in [0.25, 0.3) is 0 Å². The maximum absolute atomic E-state index is 11.9. The first-order chi connectivity index (χ1) is 10.6. The van der Waals surface area contributed by atoms with Crippen molar-refractivity contribution in [1.29, 1.82) is 0 Å². The van der Waals surface area contributed by atoms with E-state index in [1.165, 1.54) is 0 Å². The number of aryl methyl sites for hydroxylation is 2. The molecule has 0 atom stereocenters. The molecule has 1 amide bonds. The molecule has 0 aliphatic carbocycles. The van der Waals surface area contributed by atoms with E-state index in [0.29, 0.717) is 13.0 Å². The highest BCUT2D eigenvalue weighted by atomic mass is 16.5. The number of ether oxygens (including phenoxy) is 2. The summed E-state index contributed by atoms with van der Waals surface area (Å²) in [5.74, 6) is 1.49. The maximum atomic E-state index is 11.9. The number of methoxy groups -OCH3 is 1. The minimum Gasteiger partial charge on any atom is -0.497 e. The number of carbonyl (C=O) groups is 1. The van der Waals surface area contributed by atoms with Gasteiger partial charge in [0.1, 0.15) is 11.5 Å². The monoisotopic (exact) mass is 299 g/mol. The predicted molar refractivity (Wildman–Crippen MR) is 87.7 cm³/mol. The van der Waals surface area contributed by atoms with Crippen molar-refractivity contribution in [1.82, 2.24) is 0 Å². The fourth-order valence-corrected chi connectivity index (χ4v) is 2.18. The van der Waals surface area contributed by atoms with Gasteiger partial charge in [-0.25, -0.2) is 0 Å². The van der Waals surface area contributed by atoms with Crippen LogP contribution >= 0.6 is 0 Å². The van der Waals surface area contributed by atoms with Crippen LogP contribution in [0.3, 0.4) is 0 Å². The second kappa shape index (κ2) is 7.50. The first-order valence-corrected chi connectivity index (χ1v) is 7.22. The molecule has 0 bridgehead atoms. The summed E-state index contributed by atoms with van der Waals surface area (Å²) in [6.45, 7) is 4.40. The van der Waals surface area contributed by atoms with E-state index < -0.39 is 0 Å². The zero-order valence-electron chi connectivity index (χ0n) is 13.2. The van der Waals surface area contributed by atoms with Crippen molar-refractivity contribution >= 4 is 11.6 Å². The number of amides is 1. The molecule has 0 saturated carbocycles. The second-order valence-corrected chi connectivity index (χ2v) is 5.20. The molecule has 0 aromatic heterocycles. The molecule has 22 heavy (non-hydrogen) atoms. The third kappa shape index (κ3) is 4.81. The van der Waals surface area contributed by atoms with Gasteiger partial charge in [0.2, 0.25) is 5.91 Å². The summed E-state index contributed by atoms with van der Waals surface area (Å²) >= 11 is 0. The lowest BCUT2D eigenvalue weighted by atomic mass is 10.1. The van der Waals surface area contributed by atoms with E-state index in [1.54, 1.807) is 7.11 Å². The molecule has 116 valence electrons. The van der Waals surface area contributed by atoms with Crippen LogP contribution in [0.5, 0.6) is 11.5 Å². The average molecular weight is 299 g/mol. The Labute approximate surface area is 131 Å². The Morgan fingerprint density at radius 3 is 2.23 bits per heavy atom. The van der Waals surface area contributed by atoms with Gasteiger partial charge in [0, 0.05) is 5.69 Å². The van der Waals surface area contributed by atoms with E-state index >= 15 is 0 Å². The molecule has 2 rings (SSSR count). The van der Waals surface area contributed by atoms with Crippen LogP contribution in [0.1, 0.15) is 17.5 Å². The normalized spacial score (nSPS) is 10.1. The SMILES string of the molecule is COc1ccc(NC(=O)CCOc2cc(C)cc(C)c2)cc1. The average Bonchev–Trinajstić information content (AvgIpc) is 2.47. The van der Waals surface area contributed by atoms with E-state index in [1.807, 2.05) is 50.2 Å². The molecule has 0 heterocycles. The Kier molecular flexibility index (Phi) is 5.42. The molecule has 0 aliphatic heterocycles. The summed E-state index contributed by atoms with van der Waals surface area (Å²) in [5, 5.41) is 2.83. The Morgan fingerprint density at radius 1 is 1.00 bits per heavy atom. The summed E-state index contributed by atoms with van der Waals surface area (Å²) in [5.41, 5.74) is 3.05. The number of rotatable bonds is 6. The van der Waals surface area contributed by atoms with Gasteiger partial charge in [0.05, 0.1) is 20.1 Å². The number of nitrogens with one attached hydrogen (secondary N) is 1. The van der Waals surface area contributed by atoms with Gasteiger partial charge in [-0.3, -0.25) is 4.79 Å². The minimum absolute atomic E-state index is 0.0745. The fourth-order valence-electron chi connectivity index (χ4n) is 2.18. The van der Waals surface area contributed by atoms with Crippen molar-refractivity contribution in [3.05, 3.63) is 53.6 Å². The Hall–Kier alpha value is -2.49. The lowest BCUT2D eigenvalue weighted by Crippen LogP contribution is -2.15. The van der Waals surface area contributed by atoms with Crippen LogP contribution in [-0.4, -0.2) is 19.6 Å². The Morgan fingerprint density at radius 2 is 1.64 bits per heavy atom. The lowest BCUT2D eigenvalue weighted by Gasteiger charge is -2.09. The molecule has 1 N–H and O–H groups in total. The topological polar surface area (TPSA) is 47.6 Å². The molecule has 4 nitrogen and oxygen atoms in total. The molecule has 2 aromatic carbocycles. The summed E-state index contributed by atoms with van der Waals surface area (Å²) in [4.78, 5) is 11.9. The molecule has 0 spiro atoms. The maximum Gasteiger partial charge on any atom is 0.227 e. The summed E-state index contributed by atoms with van der Waals surface area (Å²) in [7, 11) is 1.61. The van der Waals surface area contributed by atoms with E-state index in [-0.39, 0.29) is 5.91 Å². The Bertz CT molecular complexity index is 615. The third-order valence-corrected chi connectivity index (χ3v) is 3.17. The largest absolute Gasteiger partial charge is 0.497 e. The van der Waals surface area contributed by atoms with Gasteiger partial charge in [-0.1, -0.05) is 6.07 Å². The third-order valence-electron chi connectivity index (χ3n) is 3.17. The highest BCUT2D eigenvalue weighted by molar-refractivity contribution is 5.90. The van der Waals surface area contributed by atoms with Crippen LogP contribution in [0.2, 0.25) is 0 Å². The smallest absolute Gasteiger partial charge is 0.227 e. The summed E-state index contributed by atoms with van der Waals surface area (Å²) < 4.78 is 10.7. The van der Waals surface area contributed by atoms with Crippen molar-refractivity contribution in [2.45, 2.75) is 20.3 Å². The number of hydrogen-bond donors (Lipinski definition) is 1. The van der Waals surface area contributed by atoms with Crippen LogP contribution < -0.4 is 14.8 Å². The van der Waals surface area contributed by atoms with E-state index in [2.05, 4.69) is 11.4 Å². The molecular weight excluding hydrogens is 278 g/mol. The van der Waals surface area contributed by atoms with Gasteiger partial charge in [-0.05, 0) is 61.4 Å². The molecule has 0 unspecified atom stereocenters. The van der Waals surface area contributed by atoms with Gasteiger partial charge in [-0.15, -0.1) is 0 Å². The first-order valence-electron chi connectivity index (χ1n) is 7.22. The second-order valence-electron chi connectivity index (χ2n) is 5.20. The zero-order valence-corrected chi connectivity index (χ0v) is 13.2. The van der Waals surface area contributed by atoms with Gasteiger partial charge in [-0.2, -0.15) is 0 Å². The molecule has 0 aliphatic rings. The number of benzene rings is 2. The standard InChI is InChI=1S/C18H21NO3/c1-13-10-14(2)12-17(11-13)22-9-8-18(20)19-15-4-6-16(21-3)7-5-15/h4-7,10-12H,8-9H2,1-3H3,(H,19,20). The van der Waals surface area contributed by atoms with Crippen molar-refractivity contribution in [2.24, 2.45) is 0 Å². The fraction of sp³-hybridized carbons (Fsp3) is 0.278. The number of anilines is 1. The van der Waals surface area contributed by atoms with E-state index in [9.17, 15) is 4.79 Å². The summed E-state index contributed by atoms with van der Waals surface area (Å²) in [6.07, 6.45) is 0.305. The van der Waals surface area contributed by atoms with Gasteiger partial charge in [0.15, 0.2) is 0 Å². The Balaban J connectivity index is 1.79. The van der Waals surface area contributed by atoms with Crippen LogP contribution in [-0.2, 0) is 4.79 Å². The zero-order chi connectivity index (χ0) is 15.9. The predicted octanol–water partition coefficient (Wildman–Crippen LogP) is 3.72. The van der Waals surface area contributed by atoms with E-state index in [4.69, 9.17) is 9.47 Å². The van der Waals surface area contributed by atoms with Crippen LogP contribution in [0.4, 0.5) is 5.69 Å². The highest BCUT2D eigenvalue weighted by Gasteiger charge is 2.04. The molecular formula is C18H21NO3. The van der Waals surface area contributed by atoms with Crippen LogP contribution in [0.15, 0.2) is 42.5 Å². The highest BCUT2D eigenvalue weighted by Crippen LogP contribution is 2.17. The van der Waals surface area contributed by atoms with Crippen molar-refractivity contribution in [3.8, 4) is 11.5 Å². The molecule has 0 fully saturated rings. The van der Waals surface area contributed by atoms with Gasteiger partial charge >= 0.3 is 0 Å². The number of hydrogen-bond acceptors (Lipinski definition) is 3. The van der Waals surface area contributed by atoms with Crippen LogP contribution in [0.25, 0.3) is 0 Å². The van der Waals surface area contributed by atoms with Crippen molar-refractivity contribution in [3.63, 3.8) is 0 Å². The van der Waals surface area contributed by atoms with Crippen LogP contribution in [0, 0.1) is 13.8 Å². The van der Waals surface area contributed by atoms with E-state index in [0.717, 1.165) is 28.3 Å². The molecule has 2 aromatic rings.